The molecular formula is C9H12BrNO. The van der Waals surface area contributed by atoms with E-state index >= 15 is 0 Å². The first kappa shape index (κ1) is 8.32. The molecule has 2 heterocycles. The second kappa shape index (κ2) is 3.62. The van der Waals surface area contributed by atoms with Gasteiger partial charge in [0, 0.05) is 0 Å². The van der Waals surface area contributed by atoms with Crippen molar-refractivity contribution >= 4 is 15.9 Å². The van der Waals surface area contributed by atoms with E-state index in [0.717, 1.165) is 17.0 Å². The Kier molecular flexibility index (Phi) is 2.51. The summed E-state index contributed by atoms with van der Waals surface area (Å²) in [6.45, 7) is 1.11. The van der Waals surface area contributed by atoms with Crippen LogP contribution in [0, 0.1) is 0 Å². The summed E-state index contributed by atoms with van der Waals surface area (Å²) in [4.78, 5) is 0. The second-order valence-electron chi connectivity index (χ2n) is 3.14. The van der Waals surface area contributed by atoms with Gasteiger partial charge in [-0.05, 0) is 47.4 Å². The van der Waals surface area contributed by atoms with Gasteiger partial charge in [-0.25, -0.2) is 0 Å². The molecule has 0 aliphatic carbocycles. The van der Waals surface area contributed by atoms with Crippen LogP contribution >= 0.6 is 15.9 Å². The van der Waals surface area contributed by atoms with Gasteiger partial charge in [-0.3, -0.25) is 0 Å². The summed E-state index contributed by atoms with van der Waals surface area (Å²) in [5.74, 6) is 1.06. The van der Waals surface area contributed by atoms with Crippen molar-refractivity contribution in [3.05, 3.63) is 22.6 Å². The van der Waals surface area contributed by atoms with Gasteiger partial charge in [-0.1, -0.05) is 6.42 Å². The van der Waals surface area contributed by atoms with Crippen molar-refractivity contribution in [1.29, 1.82) is 0 Å². The maximum absolute atomic E-state index is 5.48. The van der Waals surface area contributed by atoms with Crippen molar-refractivity contribution in [1.82, 2.24) is 5.32 Å². The standard InChI is InChI=1S/C9H12BrNO/c10-9-5-4-8(12-9)7-3-1-2-6-11-7/h4-5,7,11H,1-3,6H2. The zero-order chi connectivity index (χ0) is 8.39. The lowest BCUT2D eigenvalue weighted by molar-refractivity contribution is 0.344. The van der Waals surface area contributed by atoms with Crippen molar-refractivity contribution in [3.63, 3.8) is 0 Å². The molecule has 1 aromatic rings. The number of nitrogens with one attached hydrogen (secondary N) is 1. The fourth-order valence-corrected chi connectivity index (χ4v) is 1.93. The number of hydrogen-bond donors (Lipinski definition) is 1. The Morgan fingerprint density at radius 1 is 1.42 bits per heavy atom. The monoisotopic (exact) mass is 229 g/mol. The van der Waals surface area contributed by atoms with E-state index in [9.17, 15) is 0 Å². The van der Waals surface area contributed by atoms with Crippen LogP contribution in [0.4, 0.5) is 0 Å². The molecule has 2 rings (SSSR count). The SMILES string of the molecule is Brc1ccc(C2CCCCN2)o1. The molecule has 0 aromatic carbocycles. The third kappa shape index (κ3) is 1.72. The smallest absolute Gasteiger partial charge is 0.169 e. The van der Waals surface area contributed by atoms with Crippen LogP contribution in [0.5, 0.6) is 0 Å². The lowest BCUT2D eigenvalue weighted by Crippen LogP contribution is -2.26. The Morgan fingerprint density at radius 3 is 2.92 bits per heavy atom. The van der Waals surface area contributed by atoms with E-state index in [-0.39, 0.29) is 0 Å². The average Bonchev–Trinajstić information content (AvgIpc) is 2.54. The molecule has 0 bridgehead atoms. The zero-order valence-electron chi connectivity index (χ0n) is 6.85. The number of furan rings is 1. The molecule has 0 spiro atoms. The molecule has 1 unspecified atom stereocenters. The lowest BCUT2D eigenvalue weighted by atomic mass is 10.0. The van der Waals surface area contributed by atoms with Crippen LogP contribution in [0.25, 0.3) is 0 Å². The third-order valence-corrected chi connectivity index (χ3v) is 2.67. The van der Waals surface area contributed by atoms with Crippen LogP contribution in [0.3, 0.4) is 0 Å². The fraction of sp³-hybridized carbons (Fsp3) is 0.556. The first-order chi connectivity index (χ1) is 5.86. The largest absolute Gasteiger partial charge is 0.453 e. The number of piperidine rings is 1. The molecule has 0 amide bonds. The molecule has 3 heteroatoms. The lowest BCUT2D eigenvalue weighted by Gasteiger charge is -2.21. The van der Waals surface area contributed by atoms with Gasteiger partial charge in [0.15, 0.2) is 4.67 Å². The molecular weight excluding hydrogens is 218 g/mol. The predicted octanol–water partition coefficient (Wildman–Crippen LogP) is 2.86. The molecule has 1 aliphatic rings. The highest BCUT2D eigenvalue weighted by atomic mass is 79.9. The number of halogens is 1. The van der Waals surface area contributed by atoms with Crippen LogP contribution in [-0.4, -0.2) is 6.54 Å². The Hall–Kier alpha value is -0.280. The summed E-state index contributed by atoms with van der Waals surface area (Å²) < 4.78 is 6.30. The minimum Gasteiger partial charge on any atom is -0.453 e. The van der Waals surface area contributed by atoms with Gasteiger partial charge >= 0.3 is 0 Å². The van der Waals surface area contributed by atoms with Gasteiger partial charge in [-0.15, -0.1) is 0 Å². The highest BCUT2D eigenvalue weighted by Gasteiger charge is 2.17. The van der Waals surface area contributed by atoms with E-state index in [0.29, 0.717) is 6.04 Å². The summed E-state index contributed by atoms with van der Waals surface area (Å²) >= 11 is 3.30. The fourth-order valence-electron chi connectivity index (χ4n) is 1.61. The van der Waals surface area contributed by atoms with Gasteiger partial charge in [0.25, 0.3) is 0 Å². The maximum atomic E-state index is 5.48. The second-order valence-corrected chi connectivity index (χ2v) is 3.93. The topological polar surface area (TPSA) is 25.2 Å². The minimum atomic E-state index is 0.435. The summed E-state index contributed by atoms with van der Waals surface area (Å²) in [6.07, 6.45) is 3.79. The summed E-state index contributed by atoms with van der Waals surface area (Å²) in [7, 11) is 0. The van der Waals surface area contributed by atoms with E-state index in [1.165, 1.54) is 19.3 Å². The first-order valence-corrected chi connectivity index (χ1v) is 5.14. The summed E-state index contributed by atoms with van der Waals surface area (Å²) in [5.41, 5.74) is 0. The van der Waals surface area contributed by atoms with E-state index in [4.69, 9.17) is 4.42 Å². The van der Waals surface area contributed by atoms with Gasteiger partial charge < -0.3 is 9.73 Å². The highest BCUT2D eigenvalue weighted by molar-refractivity contribution is 9.10. The Balaban J connectivity index is 2.08. The molecule has 12 heavy (non-hydrogen) atoms. The third-order valence-electron chi connectivity index (χ3n) is 2.25. The van der Waals surface area contributed by atoms with Crippen LogP contribution in [0.1, 0.15) is 31.1 Å². The molecule has 1 N–H and O–H groups in total. The maximum Gasteiger partial charge on any atom is 0.169 e. The van der Waals surface area contributed by atoms with E-state index in [1.807, 2.05) is 12.1 Å². The Morgan fingerprint density at radius 2 is 2.33 bits per heavy atom. The van der Waals surface area contributed by atoms with Crippen molar-refractivity contribution in [2.24, 2.45) is 0 Å². The molecule has 1 fully saturated rings. The highest BCUT2D eigenvalue weighted by Crippen LogP contribution is 2.26. The van der Waals surface area contributed by atoms with Crippen molar-refractivity contribution in [3.8, 4) is 0 Å². The van der Waals surface area contributed by atoms with Gasteiger partial charge in [-0.2, -0.15) is 0 Å². The number of rotatable bonds is 1. The number of hydrogen-bond acceptors (Lipinski definition) is 2. The molecule has 66 valence electrons. The van der Waals surface area contributed by atoms with Crippen LogP contribution in [-0.2, 0) is 0 Å². The molecule has 1 aliphatic heterocycles. The van der Waals surface area contributed by atoms with E-state index < -0.39 is 0 Å². The molecule has 1 atom stereocenters. The van der Waals surface area contributed by atoms with Crippen LogP contribution < -0.4 is 5.32 Å². The van der Waals surface area contributed by atoms with Crippen LogP contribution in [0.2, 0.25) is 0 Å². The van der Waals surface area contributed by atoms with E-state index in [1.54, 1.807) is 0 Å². The van der Waals surface area contributed by atoms with Gasteiger partial charge in [0.2, 0.25) is 0 Å². The molecule has 1 saturated heterocycles. The summed E-state index contributed by atoms with van der Waals surface area (Å²) in [6, 6.07) is 4.42. The van der Waals surface area contributed by atoms with Crippen molar-refractivity contribution in [2.45, 2.75) is 25.3 Å². The molecule has 2 nitrogen and oxygen atoms in total. The van der Waals surface area contributed by atoms with E-state index in [2.05, 4.69) is 21.2 Å². The van der Waals surface area contributed by atoms with Crippen LogP contribution in [0.15, 0.2) is 21.2 Å². The average molecular weight is 230 g/mol. The van der Waals surface area contributed by atoms with Gasteiger partial charge in [0.1, 0.15) is 5.76 Å². The van der Waals surface area contributed by atoms with Crippen molar-refractivity contribution in [2.75, 3.05) is 6.54 Å². The first-order valence-electron chi connectivity index (χ1n) is 4.35. The Bertz CT molecular complexity index is 253. The van der Waals surface area contributed by atoms with Crippen molar-refractivity contribution < 1.29 is 4.42 Å². The molecule has 0 radical (unpaired) electrons. The van der Waals surface area contributed by atoms with Gasteiger partial charge in [0.05, 0.1) is 6.04 Å². The molecule has 0 saturated carbocycles. The minimum absolute atomic E-state index is 0.435. The predicted molar refractivity (Wildman–Crippen MR) is 51.0 cm³/mol. The summed E-state index contributed by atoms with van der Waals surface area (Å²) in [5, 5.41) is 3.43. The Labute approximate surface area is 80.5 Å². The quantitative estimate of drug-likeness (QED) is 0.802. The zero-order valence-corrected chi connectivity index (χ0v) is 8.43. The molecule has 1 aromatic heterocycles. The normalized spacial score (nSPS) is 24.2.